The smallest absolute Gasteiger partial charge is 0.255 e. The maximum Gasteiger partial charge on any atom is 0.255 e. The highest BCUT2D eigenvalue weighted by Crippen LogP contribution is 2.33. The number of anilines is 1. The summed E-state index contributed by atoms with van der Waals surface area (Å²) in [5, 5.41) is 2.89. The van der Waals surface area contributed by atoms with Gasteiger partial charge >= 0.3 is 0 Å². The molecule has 0 atom stereocenters. The molecule has 0 heterocycles. The first kappa shape index (κ1) is 23.6. The van der Waals surface area contributed by atoms with Gasteiger partial charge in [0.2, 0.25) is 5.91 Å². The Hall–Kier alpha value is -3.06. The Morgan fingerprint density at radius 1 is 1.06 bits per heavy atom. The molecule has 0 radical (unpaired) electrons. The van der Waals surface area contributed by atoms with Gasteiger partial charge in [-0.1, -0.05) is 26.0 Å². The molecular formula is C25H33N3O4. The second-order valence-corrected chi connectivity index (χ2v) is 9.06. The van der Waals surface area contributed by atoms with Gasteiger partial charge in [-0.3, -0.25) is 9.59 Å². The number of ether oxygens (including phenoxy) is 2. The van der Waals surface area contributed by atoms with Gasteiger partial charge in [-0.15, -0.1) is 0 Å². The van der Waals surface area contributed by atoms with Crippen molar-refractivity contribution in [2.45, 2.75) is 33.2 Å². The number of carbonyl (C=O) groups excluding carboxylic acids is 2. The number of methoxy groups -OCH3 is 2. The molecule has 0 unspecified atom stereocenters. The third-order valence-corrected chi connectivity index (χ3v) is 5.64. The highest BCUT2D eigenvalue weighted by molar-refractivity contribution is 6.04. The van der Waals surface area contributed by atoms with Crippen molar-refractivity contribution in [3.63, 3.8) is 0 Å². The molecule has 7 heteroatoms. The average Bonchev–Trinajstić information content (AvgIpc) is 3.64. The molecule has 2 amide bonds. The number of nitrogens with two attached hydrogens (primary N) is 1. The van der Waals surface area contributed by atoms with E-state index in [0.29, 0.717) is 42.4 Å². The Bertz CT molecular complexity index is 952. The largest absolute Gasteiger partial charge is 0.493 e. The fraction of sp³-hybridized carbons (Fsp3) is 0.440. The van der Waals surface area contributed by atoms with Gasteiger partial charge in [0.15, 0.2) is 11.5 Å². The van der Waals surface area contributed by atoms with E-state index in [4.69, 9.17) is 15.2 Å². The van der Waals surface area contributed by atoms with E-state index in [2.05, 4.69) is 19.2 Å². The van der Waals surface area contributed by atoms with Crippen molar-refractivity contribution in [1.82, 2.24) is 4.90 Å². The number of rotatable bonds is 10. The number of hydrogen-bond acceptors (Lipinski definition) is 5. The van der Waals surface area contributed by atoms with Crippen molar-refractivity contribution in [3.8, 4) is 11.5 Å². The zero-order valence-electron chi connectivity index (χ0n) is 19.3. The highest BCUT2D eigenvalue weighted by atomic mass is 16.5. The first-order chi connectivity index (χ1) is 15.3. The zero-order valence-corrected chi connectivity index (χ0v) is 19.3. The van der Waals surface area contributed by atoms with Crippen LogP contribution in [-0.2, 0) is 11.3 Å². The van der Waals surface area contributed by atoms with Crippen LogP contribution in [0.15, 0.2) is 42.5 Å². The van der Waals surface area contributed by atoms with E-state index >= 15 is 0 Å². The fourth-order valence-electron chi connectivity index (χ4n) is 3.48. The summed E-state index contributed by atoms with van der Waals surface area (Å²) in [5.74, 6) is 1.18. The lowest BCUT2D eigenvalue weighted by molar-refractivity contribution is -0.134. The topological polar surface area (TPSA) is 93.9 Å². The summed E-state index contributed by atoms with van der Waals surface area (Å²) in [4.78, 5) is 27.3. The second kappa shape index (κ2) is 10.0. The predicted octanol–water partition coefficient (Wildman–Crippen LogP) is 3.68. The van der Waals surface area contributed by atoms with Crippen LogP contribution in [-0.4, -0.2) is 44.0 Å². The molecule has 7 nitrogen and oxygen atoms in total. The summed E-state index contributed by atoms with van der Waals surface area (Å²) >= 11 is 0. The molecule has 0 spiro atoms. The molecule has 3 N–H and O–H groups in total. The van der Waals surface area contributed by atoms with Crippen LogP contribution < -0.4 is 20.5 Å². The van der Waals surface area contributed by atoms with Crippen LogP contribution in [0.2, 0.25) is 0 Å². The van der Waals surface area contributed by atoms with E-state index in [1.807, 2.05) is 29.2 Å². The van der Waals surface area contributed by atoms with Gasteiger partial charge < -0.3 is 25.4 Å². The Balaban J connectivity index is 1.67. The number of nitrogens with one attached hydrogen (secondary N) is 1. The van der Waals surface area contributed by atoms with Crippen LogP contribution in [0, 0.1) is 11.3 Å². The third kappa shape index (κ3) is 6.01. The van der Waals surface area contributed by atoms with E-state index in [1.54, 1.807) is 25.3 Å². The van der Waals surface area contributed by atoms with Crippen LogP contribution in [0.1, 0.15) is 42.6 Å². The fourth-order valence-corrected chi connectivity index (χ4v) is 3.48. The van der Waals surface area contributed by atoms with Crippen molar-refractivity contribution < 1.29 is 19.1 Å². The molecule has 32 heavy (non-hydrogen) atoms. The summed E-state index contributed by atoms with van der Waals surface area (Å²) in [5.41, 5.74) is 7.91. The van der Waals surface area contributed by atoms with Crippen molar-refractivity contribution >= 4 is 17.5 Å². The Morgan fingerprint density at radius 2 is 1.72 bits per heavy atom. The summed E-state index contributed by atoms with van der Waals surface area (Å²) in [6.07, 6.45) is 1.94. The maximum atomic E-state index is 12.8. The SMILES string of the molecule is COc1ccc(C(=O)Nc2ccc(CN(CC(C)(C)CN)C(=O)C3CC3)cc2)cc1OC. The molecule has 2 aromatic carbocycles. The van der Waals surface area contributed by atoms with Gasteiger partial charge in [0.1, 0.15) is 0 Å². The summed E-state index contributed by atoms with van der Waals surface area (Å²) < 4.78 is 10.5. The van der Waals surface area contributed by atoms with Crippen molar-refractivity contribution in [3.05, 3.63) is 53.6 Å². The lowest BCUT2D eigenvalue weighted by atomic mass is 9.92. The molecule has 0 bridgehead atoms. The average molecular weight is 440 g/mol. The van der Waals surface area contributed by atoms with Gasteiger partial charge in [0.25, 0.3) is 5.91 Å². The summed E-state index contributed by atoms with van der Waals surface area (Å²) in [6.45, 7) is 5.82. The number of benzene rings is 2. The Morgan fingerprint density at radius 3 is 2.28 bits per heavy atom. The molecule has 1 fully saturated rings. The van der Waals surface area contributed by atoms with Crippen LogP contribution >= 0.6 is 0 Å². The van der Waals surface area contributed by atoms with Gasteiger partial charge in [0.05, 0.1) is 14.2 Å². The third-order valence-electron chi connectivity index (χ3n) is 5.64. The normalized spacial score (nSPS) is 13.4. The quantitative estimate of drug-likeness (QED) is 0.589. The predicted molar refractivity (Wildman–Crippen MR) is 125 cm³/mol. The lowest BCUT2D eigenvalue weighted by Gasteiger charge is -2.32. The van der Waals surface area contributed by atoms with Crippen LogP contribution in [0.4, 0.5) is 5.69 Å². The van der Waals surface area contributed by atoms with Gasteiger partial charge in [-0.25, -0.2) is 0 Å². The van der Waals surface area contributed by atoms with E-state index in [1.165, 1.54) is 7.11 Å². The molecule has 1 saturated carbocycles. The second-order valence-electron chi connectivity index (χ2n) is 9.06. The van der Waals surface area contributed by atoms with Crippen molar-refractivity contribution in [2.24, 2.45) is 17.1 Å². The molecule has 0 aliphatic heterocycles. The lowest BCUT2D eigenvalue weighted by Crippen LogP contribution is -2.42. The molecule has 1 aliphatic rings. The minimum Gasteiger partial charge on any atom is -0.493 e. The molecule has 2 aromatic rings. The number of nitrogens with zero attached hydrogens (tertiary/aromatic N) is 1. The standard InChI is InChI=1S/C25H33N3O4/c1-25(2,15-26)16-28(24(30)18-7-8-18)14-17-5-10-20(11-6-17)27-23(29)19-9-12-21(31-3)22(13-19)32-4/h5-6,9-13,18H,7-8,14-16,26H2,1-4H3,(H,27,29). The molecular weight excluding hydrogens is 406 g/mol. The van der Waals surface area contributed by atoms with Gasteiger partial charge in [-0.2, -0.15) is 0 Å². The van der Waals surface area contributed by atoms with Crippen LogP contribution in [0.25, 0.3) is 0 Å². The van der Waals surface area contributed by atoms with Crippen molar-refractivity contribution in [1.29, 1.82) is 0 Å². The maximum absolute atomic E-state index is 12.8. The Kier molecular flexibility index (Phi) is 7.40. The molecule has 3 rings (SSSR count). The summed E-state index contributed by atoms with van der Waals surface area (Å²) in [6, 6.07) is 12.6. The van der Waals surface area contributed by atoms with E-state index in [0.717, 1.165) is 18.4 Å². The van der Waals surface area contributed by atoms with Crippen LogP contribution in [0.3, 0.4) is 0 Å². The minimum atomic E-state index is -0.242. The summed E-state index contributed by atoms with van der Waals surface area (Å²) in [7, 11) is 3.08. The molecule has 0 saturated heterocycles. The van der Waals surface area contributed by atoms with Crippen molar-refractivity contribution in [2.75, 3.05) is 32.6 Å². The van der Waals surface area contributed by atoms with E-state index < -0.39 is 0 Å². The minimum absolute atomic E-state index is 0.141. The van der Waals surface area contributed by atoms with Gasteiger partial charge in [-0.05, 0) is 60.7 Å². The monoisotopic (exact) mass is 439 g/mol. The highest BCUT2D eigenvalue weighted by Gasteiger charge is 2.35. The Labute approximate surface area is 189 Å². The number of hydrogen-bond donors (Lipinski definition) is 2. The molecule has 172 valence electrons. The first-order valence-corrected chi connectivity index (χ1v) is 10.9. The van der Waals surface area contributed by atoms with Gasteiger partial charge in [0, 0.05) is 30.3 Å². The molecule has 1 aliphatic carbocycles. The van der Waals surface area contributed by atoms with E-state index in [9.17, 15) is 9.59 Å². The number of carbonyl (C=O) groups is 2. The first-order valence-electron chi connectivity index (χ1n) is 10.9. The van der Waals surface area contributed by atoms with Crippen LogP contribution in [0.5, 0.6) is 11.5 Å². The molecule has 0 aromatic heterocycles. The number of amides is 2. The zero-order chi connectivity index (χ0) is 23.3. The van der Waals surface area contributed by atoms with E-state index in [-0.39, 0.29) is 23.1 Å².